The normalized spacial score (nSPS) is 33.9. The maximum Gasteiger partial charge on any atom is 0.260 e. The van der Waals surface area contributed by atoms with Crippen molar-refractivity contribution in [2.24, 2.45) is 29.1 Å². The first-order valence-corrected chi connectivity index (χ1v) is 11.4. The molecule has 0 heterocycles. The Balaban J connectivity index is 1.59. The molecule has 0 amide bonds. The Morgan fingerprint density at radius 2 is 2.11 bits per heavy atom. The van der Waals surface area contributed by atoms with Crippen LogP contribution in [0.15, 0.2) is 12.1 Å². The van der Waals surface area contributed by atoms with Crippen molar-refractivity contribution >= 4 is 12.3 Å². The lowest BCUT2D eigenvalue weighted by Gasteiger charge is -2.51. The number of rotatable bonds is 7. The molecule has 28 heavy (non-hydrogen) atoms. The fourth-order valence-corrected chi connectivity index (χ4v) is 7.07. The van der Waals surface area contributed by atoms with E-state index in [9.17, 15) is 4.39 Å². The maximum absolute atomic E-state index is 13.1. The van der Waals surface area contributed by atoms with Crippen LogP contribution in [-0.4, -0.2) is 6.67 Å². The number of fused-ring (bicyclic) bond motifs is 5. The van der Waals surface area contributed by atoms with E-state index in [1.165, 1.54) is 48.8 Å². The van der Waals surface area contributed by atoms with Gasteiger partial charge in [-0.15, -0.1) is 9.32 Å². The van der Waals surface area contributed by atoms with Crippen LogP contribution in [0.3, 0.4) is 0 Å². The summed E-state index contributed by atoms with van der Waals surface area (Å²) in [6, 6.07) is 4.55. The zero-order valence-electron chi connectivity index (χ0n) is 16.9. The Hall–Kier alpha value is -0.820. The van der Waals surface area contributed by atoms with Gasteiger partial charge in [-0.1, -0.05) is 19.9 Å². The maximum atomic E-state index is 13.1. The number of nitrogens with two attached hydrogens (primary N) is 1. The molecule has 156 valence electrons. The van der Waals surface area contributed by atoms with E-state index < -0.39 is 0 Å². The van der Waals surface area contributed by atoms with Gasteiger partial charge >= 0.3 is 0 Å². The minimum Gasteiger partial charge on any atom is -0.398 e. The first-order valence-electron chi connectivity index (χ1n) is 10.7. The lowest BCUT2D eigenvalue weighted by molar-refractivity contribution is -0.199. The fraction of sp³-hybridized carbons (Fsp3) is 0.727. The van der Waals surface area contributed by atoms with Crippen molar-refractivity contribution in [2.45, 2.75) is 71.1 Å². The van der Waals surface area contributed by atoms with E-state index in [0.717, 1.165) is 49.2 Å². The average molecular weight is 410 g/mol. The second-order valence-electron chi connectivity index (χ2n) is 9.04. The lowest BCUT2D eigenvalue weighted by atomic mass is 9.54. The first-order chi connectivity index (χ1) is 13.6. The third-order valence-corrected chi connectivity index (χ3v) is 8.51. The second kappa shape index (κ2) is 8.50. The molecule has 0 radical (unpaired) electrons. The summed E-state index contributed by atoms with van der Waals surface area (Å²) in [6.45, 7) is 4.45. The molecule has 0 spiro atoms. The van der Waals surface area contributed by atoms with E-state index in [0.29, 0.717) is 17.3 Å². The molecule has 5 atom stereocenters. The highest BCUT2D eigenvalue weighted by molar-refractivity contribution is 7.90. The molecule has 0 aliphatic heterocycles. The van der Waals surface area contributed by atoms with Crippen molar-refractivity contribution in [1.82, 2.24) is 0 Å². The van der Waals surface area contributed by atoms with Gasteiger partial charge in [0.2, 0.25) is 0 Å². The molecule has 1 aromatic carbocycles. The molecule has 0 saturated heterocycles. The van der Waals surface area contributed by atoms with Gasteiger partial charge in [0.15, 0.2) is 0 Å². The monoisotopic (exact) mass is 409 g/mol. The number of benzene rings is 1. The lowest BCUT2D eigenvalue weighted by Crippen LogP contribution is -2.42. The quantitative estimate of drug-likeness (QED) is 0.265. The van der Waals surface area contributed by atoms with Crippen LogP contribution in [0.25, 0.3) is 0 Å². The predicted octanol–water partition coefficient (Wildman–Crippen LogP) is 5.84. The van der Waals surface area contributed by atoms with Crippen LogP contribution in [0.4, 0.5) is 4.39 Å². The summed E-state index contributed by atoms with van der Waals surface area (Å²) in [5, 5.41) is 0. The minimum atomic E-state index is -0.163. The summed E-state index contributed by atoms with van der Waals surface area (Å²) in [5.41, 5.74) is 4.47. The van der Waals surface area contributed by atoms with Gasteiger partial charge in [-0.25, -0.2) is 0 Å². The highest BCUT2D eigenvalue weighted by atomic mass is 32.2. The van der Waals surface area contributed by atoms with Gasteiger partial charge < -0.3 is 4.18 Å². The van der Waals surface area contributed by atoms with Crippen LogP contribution in [0.1, 0.15) is 75.0 Å². The van der Waals surface area contributed by atoms with E-state index in [-0.39, 0.29) is 6.67 Å². The van der Waals surface area contributed by atoms with E-state index in [1.807, 2.05) is 0 Å². The zero-order valence-corrected chi connectivity index (χ0v) is 17.7. The topological polar surface area (TPSA) is 53.7 Å². The molecule has 3 unspecified atom stereocenters. The summed E-state index contributed by atoms with van der Waals surface area (Å²) in [6.07, 6.45) is 8.96. The standard InChI is InChI=1S/C22H32FNO3S/c1-3-14-12-19-15(13-21(14)25-28-27-26-24)4-6-18-17(19)8-10-22(2)16(9-11-23)5-7-20(18)22/h12-13,16-18,20H,3-11,24H2,1-2H3/t16-,17?,18?,20?,22-/m1/s1. The van der Waals surface area contributed by atoms with Gasteiger partial charge in [-0.3, -0.25) is 4.39 Å². The van der Waals surface area contributed by atoms with E-state index in [1.54, 1.807) is 0 Å². The molecule has 4 nitrogen and oxygen atoms in total. The molecule has 3 aliphatic carbocycles. The molecule has 0 aromatic heterocycles. The summed E-state index contributed by atoms with van der Waals surface area (Å²) in [5.74, 6) is 8.44. The Morgan fingerprint density at radius 1 is 1.25 bits per heavy atom. The van der Waals surface area contributed by atoms with Gasteiger partial charge in [-0.2, -0.15) is 5.90 Å². The number of hydrogen-bond acceptors (Lipinski definition) is 5. The van der Waals surface area contributed by atoms with Crippen molar-refractivity contribution in [3.8, 4) is 5.75 Å². The average Bonchev–Trinajstić information content (AvgIpc) is 3.04. The number of halogens is 1. The molecule has 0 bridgehead atoms. The predicted molar refractivity (Wildman–Crippen MR) is 109 cm³/mol. The van der Waals surface area contributed by atoms with Crippen molar-refractivity contribution in [3.63, 3.8) is 0 Å². The van der Waals surface area contributed by atoms with Crippen molar-refractivity contribution < 1.29 is 17.9 Å². The van der Waals surface area contributed by atoms with Crippen LogP contribution in [0.5, 0.6) is 5.75 Å². The Bertz CT molecular complexity index is 703. The van der Waals surface area contributed by atoms with Crippen LogP contribution in [0, 0.1) is 23.2 Å². The van der Waals surface area contributed by atoms with Crippen LogP contribution in [-0.2, 0) is 22.2 Å². The summed E-state index contributed by atoms with van der Waals surface area (Å²) in [7, 11) is 0. The van der Waals surface area contributed by atoms with E-state index >= 15 is 0 Å². The zero-order chi connectivity index (χ0) is 19.7. The molecule has 2 N–H and O–H groups in total. The second-order valence-corrected chi connectivity index (χ2v) is 9.48. The van der Waals surface area contributed by atoms with E-state index in [2.05, 4.69) is 35.3 Å². The highest BCUT2D eigenvalue weighted by Gasteiger charge is 2.54. The number of alkyl halides is 1. The SMILES string of the molecule is CCc1cc2c(cc1OSOON)CCC1C2CC[C@@]2(C)C1CC[C@@H]2CCF. The molecule has 2 fully saturated rings. The number of aryl methyl sites for hydroxylation is 2. The third kappa shape index (κ3) is 3.47. The third-order valence-electron chi connectivity index (χ3n) is 8.13. The van der Waals surface area contributed by atoms with Crippen LogP contribution < -0.4 is 10.1 Å². The highest BCUT2D eigenvalue weighted by Crippen LogP contribution is 2.63. The summed E-state index contributed by atoms with van der Waals surface area (Å²) in [4.78, 5) is 4.11. The molecule has 3 aliphatic rings. The van der Waals surface area contributed by atoms with Gasteiger partial charge in [-0.05, 0) is 103 Å². The Morgan fingerprint density at radius 3 is 2.86 bits per heavy atom. The Kier molecular flexibility index (Phi) is 6.21. The molecule has 4 rings (SSSR count). The summed E-state index contributed by atoms with van der Waals surface area (Å²) >= 11 is 0.748. The fourth-order valence-electron chi connectivity index (χ4n) is 6.78. The molecular formula is C22H32FNO3S. The van der Waals surface area contributed by atoms with Crippen LogP contribution in [0.2, 0.25) is 0 Å². The smallest absolute Gasteiger partial charge is 0.260 e. The van der Waals surface area contributed by atoms with Crippen LogP contribution >= 0.6 is 12.3 Å². The van der Waals surface area contributed by atoms with E-state index in [4.69, 9.17) is 10.1 Å². The summed E-state index contributed by atoms with van der Waals surface area (Å²) < 4.78 is 23.4. The van der Waals surface area contributed by atoms with Gasteiger partial charge in [0, 0.05) is 0 Å². The molecule has 2 saturated carbocycles. The number of hydrogen-bond donors (Lipinski definition) is 1. The molecule has 1 aromatic rings. The largest absolute Gasteiger partial charge is 0.398 e. The van der Waals surface area contributed by atoms with Gasteiger partial charge in [0.25, 0.3) is 12.3 Å². The van der Waals surface area contributed by atoms with Crippen molar-refractivity contribution in [1.29, 1.82) is 0 Å². The minimum absolute atomic E-state index is 0.163. The van der Waals surface area contributed by atoms with Crippen molar-refractivity contribution in [3.05, 3.63) is 28.8 Å². The molecule has 6 heteroatoms. The Labute approximate surface area is 172 Å². The van der Waals surface area contributed by atoms with Crippen molar-refractivity contribution in [2.75, 3.05) is 6.67 Å². The molecular weight excluding hydrogens is 377 g/mol. The van der Waals surface area contributed by atoms with Gasteiger partial charge in [0.1, 0.15) is 5.75 Å². The van der Waals surface area contributed by atoms with Gasteiger partial charge in [0.05, 0.1) is 6.67 Å². The first kappa shape index (κ1) is 20.5.